The Labute approximate surface area is 142 Å². The highest BCUT2D eigenvalue weighted by atomic mass is 16.5. The topological polar surface area (TPSA) is 89.5 Å². The Hall–Kier alpha value is -1.51. The summed E-state index contributed by atoms with van der Waals surface area (Å²) >= 11 is 0. The Morgan fingerprint density at radius 3 is 2.79 bits per heavy atom. The van der Waals surface area contributed by atoms with Gasteiger partial charge >= 0.3 is 0 Å². The Morgan fingerprint density at radius 1 is 1.25 bits per heavy atom. The van der Waals surface area contributed by atoms with Crippen LogP contribution in [0.3, 0.4) is 0 Å². The molecule has 2 aliphatic heterocycles. The first-order valence-corrected chi connectivity index (χ1v) is 8.82. The van der Waals surface area contributed by atoms with E-state index in [2.05, 4.69) is 31.6 Å². The lowest BCUT2D eigenvalue weighted by atomic mass is 9.97. The molecular weight excluding hydrogens is 308 g/mol. The minimum Gasteiger partial charge on any atom is -0.379 e. The van der Waals surface area contributed by atoms with E-state index in [4.69, 9.17) is 10.5 Å². The molecule has 0 aromatic carbocycles. The highest BCUT2D eigenvalue weighted by molar-refractivity contribution is 5.73. The second-order valence-corrected chi connectivity index (χ2v) is 6.78. The molecule has 1 aromatic heterocycles. The number of aromatic nitrogens is 3. The Morgan fingerprint density at radius 2 is 2.04 bits per heavy atom. The van der Waals surface area contributed by atoms with Gasteiger partial charge in [0.2, 0.25) is 5.91 Å². The molecule has 8 nitrogen and oxygen atoms in total. The molecule has 1 aromatic rings. The van der Waals surface area contributed by atoms with Gasteiger partial charge in [-0.05, 0) is 19.4 Å². The van der Waals surface area contributed by atoms with Crippen molar-refractivity contribution in [1.82, 2.24) is 24.6 Å². The van der Waals surface area contributed by atoms with Crippen LogP contribution in [-0.2, 0) is 23.1 Å². The molecule has 3 heterocycles. The molecule has 3 rings (SSSR count). The molecule has 0 bridgehead atoms. The summed E-state index contributed by atoms with van der Waals surface area (Å²) in [6, 6.07) is 0. The van der Waals surface area contributed by atoms with Gasteiger partial charge in [-0.2, -0.15) is 0 Å². The summed E-state index contributed by atoms with van der Waals surface area (Å²) in [7, 11) is 2.06. The standard InChI is InChI=1S/C16H28N6O2/c1-20-15(12-22-7-9-24-10-8-22)18-19-16(20)13-3-2-5-21(11-13)6-4-14(17)23/h13H,2-12H2,1H3,(H2,17,23)/t13-/m1/s1. The molecule has 2 aliphatic rings. The zero-order valence-electron chi connectivity index (χ0n) is 14.5. The third-order valence-corrected chi connectivity index (χ3v) is 5.01. The lowest BCUT2D eigenvalue weighted by Crippen LogP contribution is -2.37. The van der Waals surface area contributed by atoms with Crippen molar-refractivity contribution in [3.05, 3.63) is 11.6 Å². The van der Waals surface area contributed by atoms with Gasteiger partial charge in [-0.3, -0.25) is 9.69 Å². The summed E-state index contributed by atoms with van der Waals surface area (Å²) in [5.41, 5.74) is 5.27. The van der Waals surface area contributed by atoms with Crippen LogP contribution >= 0.6 is 0 Å². The predicted molar refractivity (Wildman–Crippen MR) is 89.3 cm³/mol. The van der Waals surface area contributed by atoms with Crippen LogP contribution in [0, 0.1) is 0 Å². The zero-order chi connectivity index (χ0) is 16.9. The number of nitrogens with two attached hydrogens (primary N) is 1. The minimum atomic E-state index is -0.233. The highest BCUT2D eigenvalue weighted by Gasteiger charge is 2.26. The van der Waals surface area contributed by atoms with Crippen LogP contribution in [0.15, 0.2) is 0 Å². The average Bonchev–Trinajstić information content (AvgIpc) is 2.95. The molecular formula is C16H28N6O2. The number of carbonyl (C=O) groups is 1. The van der Waals surface area contributed by atoms with Crippen LogP contribution in [0.2, 0.25) is 0 Å². The van der Waals surface area contributed by atoms with Gasteiger partial charge in [-0.1, -0.05) is 0 Å². The van der Waals surface area contributed by atoms with E-state index in [9.17, 15) is 4.79 Å². The van der Waals surface area contributed by atoms with Crippen molar-refractivity contribution < 1.29 is 9.53 Å². The predicted octanol–water partition coefficient (Wildman–Crippen LogP) is -0.298. The summed E-state index contributed by atoms with van der Waals surface area (Å²) in [5.74, 6) is 2.22. The number of rotatable bonds is 6. The molecule has 24 heavy (non-hydrogen) atoms. The maximum absolute atomic E-state index is 11.0. The van der Waals surface area contributed by atoms with E-state index < -0.39 is 0 Å². The number of likely N-dealkylation sites (tertiary alicyclic amines) is 1. The summed E-state index contributed by atoms with van der Waals surface area (Å²) in [6.07, 6.45) is 2.67. The van der Waals surface area contributed by atoms with Crippen molar-refractivity contribution in [3.8, 4) is 0 Å². The number of hydrogen-bond donors (Lipinski definition) is 1. The fourth-order valence-electron chi connectivity index (χ4n) is 3.57. The second-order valence-electron chi connectivity index (χ2n) is 6.78. The number of primary amides is 1. The quantitative estimate of drug-likeness (QED) is 0.767. The Balaban J connectivity index is 1.60. The van der Waals surface area contributed by atoms with Crippen molar-refractivity contribution in [2.24, 2.45) is 12.8 Å². The SMILES string of the molecule is Cn1c(CN2CCOCC2)nnc1[C@@H]1CCCN(CCC(N)=O)C1. The van der Waals surface area contributed by atoms with Crippen molar-refractivity contribution in [2.75, 3.05) is 45.9 Å². The van der Waals surface area contributed by atoms with Gasteiger partial charge in [-0.25, -0.2) is 0 Å². The van der Waals surface area contributed by atoms with Crippen LogP contribution in [-0.4, -0.2) is 76.4 Å². The van der Waals surface area contributed by atoms with E-state index in [-0.39, 0.29) is 5.91 Å². The van der Waals surface area contributed by atoms with E-state index in [1.165, 1.54) is 0 Å². The molecule has 1 amide bonds. The molecule has 0 spiro atoms. The number of carbonyl (C=O) groups excluding carboxylic acids is 1. The van der Waals surface area contributed by atoms with Gasteiger partial charge in [0.15, 0.2) is 0 Å². The molecule has 0 unspecified atom stereocenters. The smallest absolute Gasteiger partial charge is 0.218 e. The zero-order valence-corrected chi connectivity index (χ0v) is 14.5. The van der Waals surface area contributed by atoms with Gasteiger partial charge < -0.3 is 19.9 Å². The molecule has 1 atom stereocenters. The fraction of sp³-hybridized carbons (Fsp3) is 0.812. The van der Waals surface area contributed by atoms with Gasteiger partial charge in [0.05, 0.1) is 19.8 Å². The first kappa shape index (κ1) is 17.3. The third kappa shape index (κ3) is 4.31. The molecule has 2 fully saturated rings. The maximum atomic E-state index is 11.0. The normalized spacial score (nSPS) is 23.5. The molecule has 134 valence electrons. The number of ether oxygens (including phenoxy) is 1. The molecule has 8 heteroatoms. The lowest BCUT2D eigenvalue weighted by Gasteiger charge is -2.32. The van der Waals surface area contributed by atoms with E-state index in [1.807, 2.05) is 0 Å². The monoisotopic (exact) mass is 336 g/mol. The van der Waals surface area contributed by atoms with Crippen molar-refractivity contribution in [1.29, 1.82) is 0 Å². The van der Waals surface area contributed by atoms with Crippen molar-refractivity contribution in [3.63, 3.8) is 0 Å². The van der Waals surface area contributed by atoms with E-state index in [0.717, 1.165) is 77.0 Å². The third-order valence-electron chi connectivity index (χ3n) is 5.01. The molecule has 2 saturated heterocycles. The second kappa shape index (κ2) is 8.04. The number of morpholine rings is 1. The lowest BCUT2D eigenvalue weighted by molar-refractivity contribution is -0.118. The van der Waals surface area contributed by atoms with E-state index in [1.54, 1.807) is 0 Å². The first-order chi connectivity index (χ1) is 11.6. The molecule has 0 saturated carbocycles. The molecule has 0 aliphatic carbocycles. The van der Waals surface area contributed by atoms with Crippen molar-refractivity contribution >= 4 is 5.91 Å². The fourth-order valence-corrected chi connectivity index (χ4v) is 3.57. The summed E-state index contributed by atoms with van der Waals surface area (Å²) < 4.78 is 7.55. The number of piperidine rings is 1. The first-order valence-electron chi connectivity index (χ1n) is 8.82. The van der Waals surface area contributed by atoms with Crippen LogP contribution in [0.5, 0.6) is 0 Å². The van der Waals surface area contributed by atoms with Crippen LogP contribution in [0.25, 0.3) is 0 Å². The van der Waals surface area contributed by atoms with E-state index in [0.29, 0.717) is 12.3 Å². The van der Waals surface area contributed by atoms with E-state index >= 15 is 0 Å². The van der Waals surface area contributed by atoms with Crippen molar-refractivity contribution in [2.45, 2.75) is 31.7 Å². The minimum absolute atomic E-state index is 0.233. The summed E-state index contributed by atoms with van der Waals surface area (Å²) in [6.45, 7) is 7.01. The summed E-state index contributed by atoms with van der Waals surface area (Å²) in [5, 5.41) is 8.89. The van der Waals surface area contributed by atoms with Crippen LogP contribution < -0.4 is 5.73 Å². The van der Waals surface area contributed by atoms with Gasteiger partial charge in [0.25, 0.3) is 0 Å². The molecule has 0 radical (unpaired) electrons. The van der Waals surface area contributed by atoms with Crippen LogP contribution in [0.1, 0.15) is 36.8 Å². The van der Waals surface area contributed by atoms with Gasteiger partial charge in [0.1, 0.15) is 11.6 Å². The highest BCUT2D eigenvalue weighted by Crippen LogP contribution is 2.26. The number of nitrogens with zero attached hydrogens (tertiary/aromatic N) is 5. The average molecular weight is 336 g/mol. The van der Waals surface area contributed by atoms with Gasteiger partial charge in [0, 0.05) is 45.6 Å². The molecule has 2 N–H and O–H groups in total. The summed E-state index contributed by atoms with van der Waals surface area (Å²) in [4.78, 5) is 15.7. The largest absolute Gasteiger partial charge is 0.379 e. The number of amides is 1. The Bertz CT molecular complexity index is 555. The Kier molecular flexibility index (Phi) is 5.80. The maximum Gasteiger partial charge on any atom is 0.218 e. The van der Waals surface area contributed by atoms with Crippen LogP contribution in [0.4, 0.5) is 0 Å². The number of hydrogen-bond acceptors (Lipinski definition) is 6. The van der Waals surface area contributed by atoms with Gasteiger partial charge in [-0.15, -0.1) is 10.2 Å².